The first-order valence-electron chi connectivity index (χ1n) is 41.3. The predicted molar refractivity (Wildman–Crippen MR) is 463 cm³/mol. The summed E-state index contributed by atoms with van der Waals surface area (Å²) in [6.07, 6.45) is 107. The number of phosphoric ester groups is 2. The number of aliphatic hydroxyl groups excluding tert-OH is 1. The minimum Gasteiger partial charge on any atom is -0.462 e. The summed E-state index contributed by atoms with van der Waals surface area (Å²) in [5.41, 5.74) is 0. The summed E-state index contributed by atoms with van der Waals surface area (Å²) in [6.45, 7) is 4.14. The van der Waals surface area contributed by atoms with E-state index in [-0.39, 0.29) is 25.7 Å². The average molecular weight is 1590 g/mol. The van der Waals surface area contributed by atoms with Crippen molar-refractivity contribution in [2.75, 3.05) is 39.6 Å². The number of esters is 4. The van der Waals surface area contributed by atoms with E-state index < -0.39 is 97.5 Å². The highest BCUT2D eigenvalue weighted by Crippen LogP contribution is 2.45. The Balaban J connectivity index is 5.60. The van der Waals surface area contributed by atoms with Crippen LogP contribution < -0.4 is 0 Å². The van der Waals surface area contributed by atoms with E-state index in [1.54, 1.807) is 0 Å². The summed E-state index contributed by atoms with van der Waals surface area (Å²) in [7, 11) is -10.1. The van der Waals surface area contributed by atoms with Gasteiger partial charge in [-0.15, -0.1) is 0 Å². The minimum atomic E-state index is -5.03. The fourth-order valence-electron chi connectivity index (χ4n) is 9.72. The number of allylic oxidation sites excluding steroid dienone is 40. The number of rotatable bonds is 74. The maximum atomic E-state index is 13.1. The van der Waals surface area contributed by atoms with Crippen LogP contribution in [0.25, 0.3) is 0 Å². The van der Waals surface area contributed by atoms with Crippen molar-refractivity contribution in [2.45, 2.75) is 277 Å². The van der Waals surface area contributed by atoms with Crippen LogP contribution in [0.1, 0.15) is 259 Å². The molecule has 0 saturated heterocycles. The molecular weight excluding hydrogens is 1450 g/mol. The van der Waals surface area contributed by atoms with Crippen molar-refractivity contribution in [1.29, 1.82) is 0 Å². The molecule has 0 fully saturated rings. The van der Waals surface area contributed by atoms with Gasteiger partial charge in [0.25, 0.3) is 0 Å². The second-order valence-electron chi connectivity index (χ2n) is 26.2. The van der Waals surface area contributed by atoms with E-state index in [1.165, 1.54) is 0 Å². The van der Waals surface area contributed by atoms with Crippen molar-refractivity contribution in [3.63, 3.8) is 0 Å². The van der Waals surface area contributed by atoms with Gasteiger partial charge in [0.05, 0.1) is 26.4 Å². The smallest absolute Gasteiger partial charge is 0.462 e. The molecular formula is C93H142O17P2. The molecule has 0 saturated carbocycles. The largest absolute Gasteiger partial charge is 0.472 e. The van der Waals surface area contributed by atoms with Crippen LogP contribution in [0.5, 0.6) is 0 Å². The maximum absolute atomic E-state index is 13.1. The molecule has 0 aliphatic rings. The number of aliphatic hydroxyl groups is 1. The van der Waals surface area contributed by atoms with Gasteiger partial charge in [-0.3, -0.25) is 37.3 Å². The Labute approximate surface area is 676 Å². The lowest BCUT2D eigenvalue weighted by Gasteiger charge is -2.21. The Morgan fingerprint density at radius 3 is 0.714 bits per heavy atom. The number of ether oxygens (including phenoxy) is 4. The third kappa shape index (κ3) is 80.9. The molecule has 0 aromatic carbocycles. The molecule has 112 heavy (non-hydrogen) atoms. The highest BCUT2D eigenvalue weighted by molar-refractivity contribution is 7.47. The number of phosphoric acid groups is 2. The molecule has 19 heteroatoms. The molecule has 3 N–H and O–H groups in total. The van der Waals surface area contributed by atoms with E-state index in [1.807, 2.05) is 36.5 Å². The average Bonchev–Trinajstić information content (AvgIpc) is 0.898. The van der Waals surface area contributed by atoms with Gasteiger partial charge in [-0.05, 0) is 180 Å². The molecule has 0 bridgehead atoms. The molecule has 5 atom stereocenters. The van der Waals surface area contributed by atoms with Crippen molar-refractivity contribution in [3.8, 4) is 0 Å². The molecule has 0 radical (unpaired) electrons. The van der Waals surface area contributed by atoms with Gasteiger partial charge >= 0.3 is 39.5 Å². The standard InChI is InChI=1S/C93H142O17P2/c1-5-9-13-17-21-25-29-33-37-40-43-46-50-53-57-61-65-69-73-77-90(95)103-83-88(109-92(97)79-75-71-67-63-59-55-49-36-32-28-24-20-16-12-8-4)85-107-111(99,100)105-81-87(94)82-106-112(101,102)108-86-89(110-93(98)80-76-72-68-64-60-56-52-48-45-42-39-35-31-27-23-19-15-11-7-3)84-104-91(96)78-74-70-66-62-58-54-51-47-44-41-38-34-30-26-22-18-14-10-6-2/h9-16,21-28,33-39,43-49,53-54,56-58,60,65-66,69-70,87-89,94H,5-8,17-20,29-32,40-42,50-52,55,59,61-64,67-68,71-86H2,1-4H3,(H,99,100)(H,101,102)/b13-9-,14-10-,15-11-,16-12-,25-21-,26-22-,27-23-,28-24-,37-33-,38-34-,39-35-,46-43-,47-44-,48-45-,49-36-,57-53-,58-54-,60-56-,69-65-,70-66-. The summed E-state index contributed by atoms with van der Waals surface area (Å²) >= 11 is 0. The van der Waals surface area contributed by atoms with Crippen LogP contribution in [-0.4, -0.2) is 96.7 Å². The van der Waals surface area contributed by atoms with Gasteiger partial charge in [0.2, 0.25) is 0 Å². The number of carbonyl (C=O) groups is 4. The Bertz CT molecular complexity index is 3090. The summed E-state index contributed by atoms with van der Waals surface area (Å²) < 4.78 is 68.5. The van der Waals surface area contributed by atoms with E-state index in [4.69, 9.17) is 37.0 Å². The highest BCUT2D eigenvalue weighted by atomic mass is 31.2. The lowest BCUT2D eigenvalue weighted by atomic mass is 10.1. The quantitative estimate of drug-likeness (QED) is 0.0169. The van der Waals surface area contributed by atoms with Crippen LogP contribution >= 0.6 is 15.6 Å². The van der Waals surface area contributed by atoms with Crippen LogP contribution in [0.2, 0.25) is 0 Å². The second kappa shape index (κ2) is 81.9. The maximum Gasteiger partial charge on any atom is 0.472 e. The number of hydrogen-bond acceptors (Lipinski definition) is 15. The molecule has 0 aliphatic carbocycles. The summed E-state index contributed by atoms with van der Waals surface area (Å²) in [4.78, 5) is 73.1. The van der Waals surface area contributed by atoms with E-state index in [0.29, 0.717) is 38.5 Å². The molecule has 0 aromatic rings. The second-order valence-corrected chi connectivity index (χ2v) is 29.1. The van der Waals surface area contributed by atoms with Crippen LogP contribution in [0, 0.1) is 0 Å². The normalized spacial score (nSPS) is 15.0. The topological polar surface area (TPSA) is 237 Å². The third-order valence-corrected chi connectivity index (χ3v) is 17.7. The molecule has 626 valence electrons. The van der Waals surface area contributed by atoms with Gasteiger partial charge in [-0.2, -0.15) is 0 Å². The lowest BCUT2D eigenvalue weighted by Crippen LogP contribution is -2.30. The van der Waals surface area contributed by atoms with Crippen molar-refractivity contribution in [2.24, 2.45) is 0 Å². The van der Waals surface area contributed by atoms with Gasteiger partial charge in [0.1, 0.15) is 19.3 Å². The zero-order chi connectivity index (χ0) is 81.7. The zero-order valence-corrected chi connectivity index (χ0v) is 70.3. The van der Waals surface area contributed by atoms with Gasteiger partial charge < -0.3 is 33.8 Å². The Hall–Kier alpha value is -7.14. The van der Waals surface area contributed by atoms with E-state index in [0.717, 1.165) is 167 Å². The minimum absolute atomic E-state index is 0.0154. The predicted octanol–water partition coefficient (Wildman–Crippen LogP) is 24.8. The monoisotopic (exact) mass is 1590 g/mol. The third-order valence-electron chi connectivity index (χ3n) is 15.8. The molecule has 0 aliphatic heterocycles. The van der Waals surface area contributed by atoms with Crippen molar-refractivity contribution in [1.82, 2.24) is 0 Å². The van der Waals surface area contributed by atoms with Crippen LogP contribution in [0.3, 0.4) is 0 Å². The summed E-state index contributed by atoms with van der Waals surface area (Å²) in [6, 6.07) is 0. The van der Waals surface area contributed by atoms with E-state index >= 15 is 0 Å². The fraction of sp³-hybridized carbons (Fsp3) is 0.527. The molecule has 0 aromatic heterocycles. The first-order valence-corrected chi connectivity index (χ1v) is 44.3. The molecule has 0 spiro atoms. The van der Waals surface area contributed by atoms with Crippen molar-refractivity contribution >= 4 is 39.5 Å². The van der Waals surface area contributed by atoms with E-state index in [2.05, 4.69) is 234 Å². The van der Waals surface area contributed by atoms with Gasteiger partial charge in [0.15, 0.2) is 12.2 Å². The zero-order valence-electron chi connectivity index (χ0n) is 68.5. The highest BCUT2D eigenvalue weighted by Gasteiger charge is 2.30. The Kier molecular flexibility index (Phi) is 76.6. The first kappa shape index (κ1) is 105. The lowest BCUT2D eigenvalue weighted by molar-refractivity contribution is -0.161. The molecule has 0 heterocycles. The molecule has 0 amide bonds. The van der Waals surface area contributed by atoms with Gasteiger partial charge in [0, 0.05) is 25.7 Å². The van der Waals surface area contributed by atoms with Crippen LogP contribution in [-0.2, 0) is 65.4 Å². The number of hydrogen-bond donors (Lipinski definition) is 3. The van der Waals surface area contributed by atoms with Gasteiger partial charge in [-0.25, -0.2) is 9.13 Å². The number of carbonyl (C=O) groups excluding carboxylic acids is 4. The van der Waals surface area contributed by atoms with Crippen molar-refractivity contribution in [3.05, 3.63) is 243 Å². The molecule has 17 nitrogen and oxygen atoms in total. The fourth-order valence-corrected chi connectivity index (χ4v) is 11.3. The number of unbranched alkanes of at least 4 members (excludes halogenated alkanes) is 8. The molecule has 0 rings (SSSR count). The Morgan fingerprint density at radius 2 is 0.455 bits per heavy atom. The van der Waals surface area contributed by atoms with E-state index in [9.17, 15) is 43.2 Å². The molecule has 5 unspecified atom stereocenters. The first-order chi connectivity index (χ1) is 54.7. The van der Waals surface area contributed by atoms with Crippen LogP contribution in [0.4, 0.5) is 0 Å². The summed E-state index contributed by atoms with van der Waals surface area (Å²) in [5, 5.41) is 10.7. The summed E-state index contributed by atoms with van der Waals surface area (Å²) in [5.74, 6) is -2.46. The SMILES string of the molecule is CC/C=C\C/C=C\C/C=C\C/C=C\C/C=C\C/C=C\CCC(=O)OCC(COP(=O)(O)OCC(O)COP(=O)(O)OCC(COC(=O)CC/C=C\C/C=C\C/C=C\C/C=C\C/C=C\C/C=C\CC)OC(=O)CCCCCCC/C=C\C/C=C\C/C=C\CC)OC(=O)CCCCC/C=C\C/C=C\C/C=C\C/C=C\C/C=C\CC. The Morgan fingerprint density at radius 1 is 0.250 bits per heavy atom. The van der Waals surface area contributed by atoms with Crippen LogP contribution in [0.15, 0.2) is 243 Å². The van der Waals surface area contributed by atoms with Crippen molar-refractivity contribution < 1.29 is 80.2 Å². The van der Waals surface area contributed by atoms with Gasteiger partial charge in [-0.1, -0.05) is 296 Å².